The van der Waals surface area contributed by atoms with Gasteiger partial charge >= 0.3 is 0 Å². The molecule has 0 aliphatic rings. The lowest BCUT2D eigenvalue weighted by molar-refractivity contribution is 0.586. The Hall–Kier alpha value is -1.46. The van der Waals surface area contributed by atoms with Crippen molar-refractivity contribution in [2.45, 2.75) is 19.4 Å². The van der Waals surface area contributed by atoms with Crippen LogP contribution in [-0.2, 0) is 13.5 Å². The molecule has 1 N–H and O–H groups in total. The van der Waals surface area contributed by atoms with Crippen LogP contribution in [0.15, 0.2) is 18.5 Å². The largest absolute Gasteiger partial charge is 0.313 e. The summed E-state index contributed by atoms with van der Waals surface area (Å²) in [6.07, 6.45) is 4.23. The Kier molecular flexibility index (Phi) is 3.93. The molecule has 6 heteroatoms. The molecule has 2 heterocycles. The highest BCUT2D eigenvalue weighted by molar-refractivity contribution is 6.30. The van der Waals surface area contributed by atoms with Gasteiger partial charge in [0.2, 0.25) is 0 Å². The molecule has 18 heavy (non-hydrogen) atoms. The third-order valence-corrected chi connectivity index (χ3v) is 3.51. The molecule has 0 amide bonds. The average Bonchev–Trinajstić information content (AvgIpc) is 2.62. The van der Waals surface area contributed by atoms with Gasteiger partial charge in [0.05, 0.1) is 11.9 Å². The van der Waals surface area contributed by atoms with E-state index >= 15 is 0 Å². The Bertz CT molecular complexity index is 523. The maximum absolute atomic E-state index is 6.25. The zero-order valence-corrected chi connectivity index (χ0v) is 11.4. The maximum Gasteiger partial charge on any atom is 0.130 e. The number of aromatic nitrogens is 4. The molecular formula is C12H16ClN5. The van der Waals surface area contributed by atoms with Crippen molar-refractivity contribution >= 4 is 11.6 Å². The highest BCUT2D eigenvalue weighted by Gasteiger charge is 2.17. The van der Waals surface area contributed by atoms with Crippen molar-refractivity contribution in [3.05, 3.63) is 40.4 Å². The summed E-state index contributed by atoms with van der Waals surface area (Å²) in [7, 11) is 3.77. The van der Waals surface area contributed by atoms with Gasteiger partial charge in [0.1, 0.15) is 5.15 Å². The van der Waals surface area contributed by atoms with E-state index in [9.17, 15) is 0 Å². The molecule has 2 aromatic heterocycles. The van der Waals surface area contributed by atoms with Crippen molar-refractivity contribution in [1.29, 1.82) is 0 Å². The summed E-state index contributed by atoms with van der Waals surface area (Å²) in [6, 6.07) is 2.11. The van der Waals surface area contributed by atoms with Crippen LogP contribution in [0.3, 0.4) is 0 Å². The van der Waals surface area contributed by atoms with E-state index in [-0.39, 0.29) is 6.04 Å². The highest BCUT2D eigenvalue weighted by Crippen LogP contribution is 2.25. The fourth-order valence-corrected chi connectivity index (χ4v) is 2.26. The van der Waals surface area contributed by atoms with Gasteiger partial charge in [-0.2, -0.15) is 15.3 Å². The van der Waals surface area contributed by atoms with E-state index in [4.69, 9.17) is 11.6 Å². The fourth-order valence-electron chi connectivity index (χ4n) is 2.00. The van der Waals surface area contributed by atoms with E-state index in [0.717, 1.165) is 23.2 Å². The Balaban J connectivity index is 2.26. The number of likely N-dealkylation sites (N-methyl/N-ethyl adjacent to an activating group) is 1. The third kappa shape index (κ3) is 2.52. The minimum atomic E-state index is 0.154. The molecule has 0 aromatic carbocycles. The lowest BCUT2D eigenvalue weighted by Gasteiger charge is -2.15. The first kappa shape index (κ1) is 13.0. The van der Waals surface area contributed by atoms with Crippen LogP contribution in [-0.4, -0.2) is 27.0 Å². The van der Waals surface area contributed by atoms with Gasteiger partial charge in [0.25, 0.3) is 0 Å². The van der Waals surface area contributed by atoms with Crippen molar-refractivity contribution in [3.63, 3.8) is 0 Å². The van der Waals surface area contributed by atoms with Gasteiger partial charge in [-0.1, -0.05) is 11.6 Å². The standard InChI is InChI=1S/C12H16ClN5/c1-8-10(12(13)18(3)17-8)6-11(14-2)9-4-5-15-16-7-9/h4-5,7,11,14H,6H2,1-3H3. The summed E-state index contributed by atoms with van der Waals surface area (Å²) in [5, 5.41) is 16.0. The molecule has 0 fully saturated rings. The zero-order valence-electron chi connectivity index (χ0n) is 10.7. The van der Waals surface area contributed by atoms with Crippen LogP contribution in [0.1, 0.15) is 22.9 Å². The first-order valence-electron chi connectivity index (χ1n) is 5.75. The van der Waals surface area contributed by atoms with Crippen LogP contribution in [0.25, 0.3) is 0 Å². The van der Waals surface area contributed by atoms with E-state index in [1.54, 1.807) is 17.1 Å². The molecule has 0 aliphatic carbocycles. The first-order valence-corrected chi connectivity index (χ1v) is 6.13. The number of nitrogens with zero attached hydrogens (tertiary/aromatic N) is 4. The maximum atomic E-state index is 6.25. The monoisotopic (exact) mass is 265 g/mol. The quantitative estimate of drug-likeness (QED) is 0.914. The first-order chi connectivity index (χ1) is 8.63. The Morgan fingerprint density at radius 3 is 2.72 bits per heavy atom. The molecule has 0 aliphatic heterocycles. The smallest absolute Gasteiger partial charge is 0.130 e. The second kappa shape index (κ2) is 5.46. The molecule has 0 saturated carbocycles. The summed E-state index contributed by atoms with van der Waals surface area (Å²) in [4.78, 5) is 0. The van der Waals surface area contributed by atoms with Crippen LogP contribution in [0.5, 0.6) is 0 Å². The Labute approximate surface area is 111 Å². The van der Waals surface area contributed by atoms with Gasteiger partial charge in [-0.05, 0) is 32.0 Å². The minimum absolute atomic E-state index is 0.154. The molecule has 2 rings (SSSR count). The number of aryl methyl sites for hydroxylation is 2. The zero-order chi connectivity index (χ0) is 13.1. The van der Waals surface area contributed by atoms with Crippen LogP contribution in [0, 0.1) is 6.92 Å². The number of halogens is 1. The number of hydrogen-bond acceptors (Lipinski definition) is 4. The van der Waals surface area contributed by atoms with E-state index < -0.39 is 0 Å². The lowest BCUT2D eigenvalue weighted by atomic mass is 10.0. The summed E-state index contributed by atoms with van der Waals surface area (Å²) < 4.78 is 1.70. The summed E-state index contributed by atoms with van der Waals surface area (Å²) in [6.45, 7) is 1.97. The molecule has 0 spiro atoms. The highest BCUT2D eigenvalue weighted by atomic mass is 35.5. The van der Waals surface area contributed by atoms with Crippen LogP contribution < -0.4 is 5.32 Å². The summed E-state index contributed by atoms with van der Waals surface area (Å²) in [5.74, 6) is 0. The molecular weight excluding hydrogens is 250 g/mol. The minimum Gasteiger partial charge on any atom is -0.313 e. The van der Waals surface area contributed by atoms with Crippen LogP contribution in [0.4, 0.5) is 0 Å². The number of hydrogen-bond donors (Lipinski definition) is 1. The van der Waals surface area contributed by atoms with E-state index in [2.05, 4.69) is 20.6 Å². The van der Waals surface area contributed by atoms with E-state index in [1.165, 1.54) is 0 Å². The predicted molar refractivity (Wildman–Crippen MR) is 70.5 cm³/mol. The molecule has 0 radical (unpaired) electrons. The molecule has 5 nitrogen and oxygen atoms in total. The molecule has 0 saturated heterocycles. The van der Waals surface area contributed by atoms with Gasteiger partial charge in [-0.15, -0.1) is 0 Å². The Morgan fingerprint density at radius 2 is 2.22 bits per heavy atom. The molecule has 1 unspecified atom stereocenters. The molecule has 96 valence electrons. The molecule has 0 bridgehead atoms. The molecule has 1 atom stereocenters. The van der Waals surface area contributed by atoms with Gasteiger partial charge in [0.15, 0.2) is 0 Å². The van der Waals surface area contributed by atoms with E-state index in [0.29, 0.717) is 5.15 Å². The summed E-state index contributed by atoms with van der Waals surface area (Å²) >= 11 is 6.25. The second-order valence-electron chi connectivity index (χ2n) is 4.20. The topological polar surface area (TPSA) is 55.6 Å². The van der Waals surface area contributed by atoms with Crippen LogP contribution >= 0.6 is 11.6 Å². The second-order valence-corrected chi connectivity index (χ2v) is 4.56. The van der Waals surface area contributed by atoms with Crippen molar-refractivity contribution in [2.75, 3.05) is 7.05 Å². The van der Waals surface area contributed by atoms with Crippen molar-refractivity contribution < 1.29 is 0 Å². The van der Waals surface area contributed by atoms with Crippen LogP contribution in [0.2, 0.25) is 5.15 Å². The van der Waals surface area contributed by atoms with Crippen molar-refractivity contribution in [2.24, 2.45) is 7.05 Å². The van der Waals surface area contributed by atoms with Crippen molar-refractivity contribution in [1.82, 2.24) is 25.3 Å². The average molecular weight is 266 g/mol. The van der Waals surface area contributed by atoms with Gasteiger partial charge in [-0.25, -0.2) is 0 Å². The Morgan fingerprint density at radius 1 is 1.44 bits per heavy atom. The third-order valence-electron chi connectivity index (χ3n) is 3.04. The van der Waals surface area contributed by atoms with E-state index in [1.807, 2.05) is 27.1 Å². The SMILES string of the molecule is CNC(Cc1c(C)nn(C)c1Cl)c1ccnnc1. The summed E-state index contributed by atoms with van der Waals surface area (Å²) in [5.41, 5.74) is 3.12. The predicted octanol–water partition coefficient (Wildman–Crippen LogP) is 1.68. The number of nitrogens with one attached hydrogen (secondary N) is 1. The number of rotatable bonds is 4. The lowest BCUT2D eigenvalue weighted by Crippen LogP contribution is -2.19. The fraction of sp³-hybridized carbons (Fsp3) is 0.417. The molecule has 2 aromatic rings. The van der Waals surface area contributed by atoms with Gasteiger partial charge in [-0.3, -0.25) is 4.68 Å². The van der Waals surface area contributed by atoms with Gasteiger partial charge < -0.3 is 5.32 Å². The normalized spacial score (nSPS) is 12.7. The van der Waals surface area contributed by atoms with Gasteiger partial charge in [0, 0.05) is 24.8 Å². The van der Waals surface area contributed by atoms with Crippen molar-refractivity contribution in [3.8, 4) is 0 Å².